The molecule has 0 rings (SSSR count). The molecule has 0 aromatic rings. The Morgan fingerprint density at radius 3 is 1.90 bits per heavy atom. The molecular weight excluding hydrogens is 126 g/mol. The molecule has 0 aliphatic carbocycles. The van der Waals surface area contributed by atoms with Gasteiger partial charge in [0, 0.05) is 5.54 Å². The predicted molar refractivity (Wildman–Crippen MR) is 43.0 cm³/mol. The summed E-state index contributed by atoms with van der Waals surface area (Å²) < 4.78 is 0. The maximum Gasteiger partial charge on any atom is 0.146 e. The summed E-state index contributed by atoms with van der Waals surface area (Å²) in [5.41, 5.74) is 0.0328. The van der Waals surface area contributed by atoms with Gasteiger partial charge in [-0.15, -0.1) is 0 Å². The third kappa shape index (κ3) is 4.50. The van der Waals surface area contributed by atoms with Gasteiger partial charge in [-0.2, -0.15) is 0 Å². The van der Waals surface area contributed by atoms with E-state index in [4.69, 9.17) is 0 Å². The molecular formula is C8H17NO. The number of nitrogens with one attached hydrogen (secondary N) is 1. The van der Waals surface area contributed by atoms with Crippen molar-refractivity contribution < 1.29 is 4.79 Å². The molecule has 0 aliphatic heterocycles. The molecule has 1 atom stereocenters. The van der Waals surface area contributed by atoms with E-state index in [0.717, 1.165) is 0 Å². The zero-order valence-corrected chi connectivity index (χ0v) is 7.49. The Hall–Kier alpha value is -0.370. The first-order chi connectivity index (χ1) is 4.33. The Morgan fingerprint density at radius 2 is 1.80 bits per heavy atom. The van der Waals surface area contributed by atoms with Crippen LogP contribution in [0.4, 0.5) is 0 Å². The second-order valence-corrected chi connectivity index (χ2v) is 3.73. The highest BCUT2D eigenvalue weighted by atomic mass is 16.1. The Balaban J connectivity index is 3.80. The van der Waals surface area contributed by atoms with Crippen LogP contribution >= 0.6 is 0 Å². The molecule has 2 nitrogen and oxygen atoms in total. The minimum Gasteiger partial charge on any atom is -0.303 e. The maximum absolute atomic E-state index is 10.8. The highest BCUT2D eigenvalue weighted by molar-refractivity contribution is 5.80. The maximum atomic E-state index is 10.8. The van der Waals surface area contributed by atoms with Crippen LogP contribution in [0.5, 0.6) is 0 Å². The normalized spacial score (nSPS) is 14.9. The average Bonchev–Trinajstić information content (AvgIpc) is 1.60. The van der Waals surface area contributed by atoms with Gasteiger partial charge in [0.15, 0.2) is 0 Å². The Morgan fingerprint density at radius 1 is 1.40 bits per heavy atom. The standard InChI is InChI=1S/C8H17NO/c1-6(7(2)10)9-8(3,4)5/h6,9H,1-5H3/t6-/m0/s1. The minimum atomic E-state index is -0.0278. The van der Waals surface area contributed by atoms with Crippen molar-refractivity contribution >= 4 is 5.78 Å². The molecule has 0 saturated carbocycles. The fourth-order valence-electron chi connectivity index (χ4n) is 0.751. The van der Waals surface area contributed by atoms with Crippen LogP contribution in [0.25, 0.3) is 0 Å². The lowest BCUT2D eigenvalue weighted by Gasteiger charge is -2.24. The third-order valence-electron chi connectivity index (χ3n) is 1.26. The first-order valence-electron chi connectivity index (χ1n) is 3.61. The van der Waals surface area contributed by atoms with Gasteiger partial charge < -0.3 is 5.32 Å². The van der Waals surface area contributed by atoms with Crippen molar-refractivity contribution in [1.82, 2.24) is 5.32 Å². The van der Waals surface area contributed by atoms with Gasteiger partial charge in [0.1, 0.15) is 5.78 Å². The predicted octanol–water partition coefficient (Wildman–Crippen LogP) is 1.35. The van der Waals surface area contributed by atoms with Crippen molar-refractivity contribution in [1.29, 1.82) is 0 Å². The minimum absolute atomic E-state index is 0.0278. The monoisotopic (exact) mass is 143 g/mol. The molecule has 0 spiro atoms. The topological polar surface area (TPSA) is 29.1 Å². The molecule has 0 fully saturated rings. The summed E-state index contributed by atoms with van der Waals surface area (Å²) in [5.74, 6) is 0.190. The summed E-state index contributed by atoms with van der Waals surface area (Å²) in [6.45, 7) is 9.63. The molecule has 0 unspecified atom stereocenters. The van der Waals surface area contributed by atoms with E-state index in [1.165, 1.54) is 0 Å². The van der Waals surface area contributed by atoms with E-state index >= 15 is 0 Å². The lowest BCUT2D eigenvalue weighted by atomic mass is 10.1. The molecule has 0 aromatic heterocycles. The van der Waals surface area contributed by atoms with Gasteiger partial charge in [-0.05, 0) is 34.6 Å². The van der Waals surface area contributed by atoms with Crippen LogP contribution in [0.15, 0.2) is 0 Å². The lowest BCUT2D eigenvalue weighted by Crippen LogP contribution is -2.45. The summed E-state index contributed by atoms with van der Waals surface area (Å²) in [6, 6.07) is -0.0278. The van der Waals surface area contributed by atoms with Crippen LogP contribution in [0, 0.1) is 0 Å². The van der Waals surface area contributed by atoms with Gasteiger partial charge in [-0.3, -0.25) is 4.79 Å². The molecule has 0 radical (unpaired) electrons. The Bertz CT molecular complexity index is 124. The summed E-state index contributed by atoms with van der Waals surface area (Å²) in [7, 11) is 0. The summed E-state index contributed by atoms with van der Waals surface area (Å²) in [5, 5.41) is 3.17. The summed E-state index contributed by atoms with van der Waals surface area (Å²) in [6.07, 6.45) is 0. The van der Waals surface area contributed by atoms with Crippen molar-refractivity contribution in [3.05, 3.63) is 0 Å². The zero-order valence-electron chi connectivity index (χ0n) is 7.49. The second-order valence-electron chi connectivity index (χ2n) is 3.73. The van der Waals surface area contributed by atoms with E-state index in [1.807, 2.05) is 27.7 Å². The average molecular weight is 143 g/mol. The number of Topliss-reactive ketones (excluding diaryl/α,β-unsaturated/α-hetero) is 1. The van der Waals surface area contributed by atoms with Gasteiger partial charge in [0.2, 0.25) is 0 Å². The summed E-state index contributed by atoms with van der Waals surface area (Å²) >= 11 is 0. The Kier molecular flexibility index (Phi) is 3.03. The van der Waals surface area contributed by atoms with Gasteiger partial charge in [-0.1, -0.05) is 0 Å². The van der Waals surface area contributed by atoms with Gasteiger partial charge in [-0.25, -0.2) is 0 Å². The van der Waals surface area contributed by atoms with Crippen LogP contribution in [-0.2, 0) is 4.79 Å². The van der Waals surface area contributed by atoms with E-state index in [0.29, 0.717) is 0 Å². The quantitative estimate of drug-likeness (QED) is 0.632. The molecule has 10 heavy (non-hydrogen) atoms. The second kappa shape index (κ2) is 3.15. The first-order valence-corrected chi connectivity index (χ1v) is 3.61. The molecule has 0 bridgehead atoms. The lowest BCUT2D eigenvalue weighted by molar-refractivity contribution is -0.119. The van der Waals surface area contributed by atoms with E-state index < -0.39 is 0 Å². The number of hydrogen-bond acceptors (Lipinski definition) is 2. The summed E-state index contributed by atoms with van der Waals surface area (Å²) in [4.78, 5) is 10.8. The zero-order chi connectivity index (χ0) is 8.36. The highest BCUT2D eigenvalue weighted by Gasteiger charge is 2.15. The number of carbonyl (C=O) groups is 1. The SMILES string of the molecule is CC(=O)[C@H](C)NC(C)(C)C. The van der Waals surface area contributed by atoms with Crippen LogP contribution < -0.4 is 5.32 Å². The van der Waals surface area contributed by atoms with Crippen molar-refractivity contribution in [3.63, 3.8) is 0 Å². The number of ketones is 1. The van der Waals surface area contributed by atoms with Crippen molar-refractivity contribution in [3.8, 4) is 0 Å². The van der Waals surface area contributed by atoms with Crippen LogP contribution in [0.3, 0.4) is 0 Å². The van der Waals surface area contributed by atoms with E-state index in [-0.39, 0.29) is 17.4 Å². The van der Waals surface area contributed by atoms with Crippen molar-refractivity contribution in [2.75, 3.05) is 0 Å². The van der Waals surface area contributed by atoms with Crippen molar-refractivity contribution in [2.45, 2.75) is 46.2 Å². The number of rotatable bonds is 2. The molecule has 1 N–H and O–H groups in total. The number of hydrogen-bond donors (Lipinski definition) is 1. The van der Waals surface area contributed by atoms with Crippen LogP contribution in [-0.4, -0.2) is 17.4 Å². The molecule has 0 aliphatic rings. The molecule has 0 aromatic carbocycles. The van der Waals surface area contributed by atoms with E-state index in [9.17, 15) is 4.79 Å². The first kappa shape index (κ1) is 9.63. The molecule has 0 saturated heterocycles. The Labute approximate surface area is 63.0 Å². The molecule has 0 amide bonds. The van der Waals surface area contributed by atoms with Gasteiger partial charge in [0.25, 0.3) is 0 Å². The van der Waals surface area contributed by atoms with Crippen molar-refractivity contribution in [2.24, 2.45) is 0 Å². The van der Waals surface area contributed by atoms with Crippen LogP contribution in [0.2, 0.25) is 0 Å². The fourth-order valence-corrected chi connectivity index (χ4v) is 0.751. The highest BCUT2D eigenvalue weighted by Crippen LogP contribution is 2.00. The van der Waals surface area contributed by atoms with Crippen LogP contribution in [0.1, 0.15) is 34.6 Å². The van der Waals surface area contributed by atoms with E-state index in [1.54, 1.807) is 6.92 Å². The van der Waals surface area contributed by atoms with Gasteiger partial charge >= 0.3 is 0 Å². The molecule has 0 heterocycles. The smallest absolute Gasteiger partial charge is 0.146 e. The third-order valence-corrected chi connectivity index (χ3v) is 1.26. The van der Waals surface area contributed by atoms with Gasteiger partial charge in [0.05, 0.1) is 6.04 Å². The molecule has 2 heteroatoms. The fraction of sp³-hybridized carbons (Fsp3) is 0.875. The molecule has 60 valence electrons. The number of carbonyl (C=O) groups excluding carboxylic acids is 1. The van der Waals surface area contributed by atoms with E-state index in [2.05, 4.69) is 5.32 Å². The largest absolute Gasteiger partial charge is 0.303 e.